The van der Waals surface area contributed by atoms with Crippen molar-refractivity contribution in [3.05, 3.63) is 59.2 Å². The van der Waals surface area contributed by atoms with Gasteiger partial charge in [-0.2, -0.15) is 0 Å². The van der Waals surface area contributed by atoms with Crippen LogP contribution in [0.5, 0.6) is 0 Å². The minimum atomic E-state index is -1.22. The van der Waals surface area contributed by atoms with Crippen LogP contribution in [0.3, 0.4) is 0 Å². The number of rotatable bonds is 2. The number of hydrogen-bond acceptors (Lipinski definition) is 3. The fourth-order valence-electron chi connectivity index (χ4n) is 3.83. The van der Waals surface area contributed by atoms with Gasteiger partial charge in [0.25, 0.3) is 0 Å². The molecule has 0 bridgehead atoms. The Balaban J connectivity index is 1.70. The van der Waals surface area contributed by atoms with Gasteiger partial charge < -0.3 is 5.11 Å². The monoisotopic (exact) mass is 340 g/mol. The summed E-state index contributed by atoms with van der Waals surface area (Å²) in [5.74, 6) is -0.186. The van der Waals surface area contributed by atoms with Crippen LogP contribution in [-0.4, -0.2) is 20.7 Å². The quantitative estimate of drug-likeness (QED) is 0.725. The lowest BCUT2D eigenvalue weighted by Crippen LogP contribution is -2.40. The van der Waals surface area contributed by atoms with Gasteiger partial charge in [-0.05, 0) is 48.6 Å². The van der Waals surface area contributed by atoms with Gasteiger partial charge in [-0.25, -0.2) is 4.21 Å². The molecule has 0 radical (unpaired) electrons. The molecule has 2 aromatic rings. The van der Waals surface area contributed by atoms with Gasteiger partial charge in [-0.1, -0.05) is 43.5 Å². The van der Waals surface area contributed by atoms with Crippen LogP contribution >= 0.6 is 0 Å². The van der Waals surface area contributed by atoms with E-state index in [-0.39, 0.29) is 5.78 Å². The zero-order valence-electron chi connectivity index (χ0n) is 13.5. The molecule has 1 N–H and O–H groups in total. The van der Waals surface area contributed by atoms with E-state index in [4.69, 9.17) is 0 Å². The zero-order chi connectivity index (χ0) is 16.7. The second-order valence-corrected chi connectivity index (χ2v) is 8.21. The summed E-state index contributed by atoms with van der Waals surface area (Å²) >= 11 is 0. The summed E-state index contributed by atoms with van der Waals surface area (Å²) in [5, 5.41) is 10.7. The normalized spacial score (nSPS) is 21.6. The van der Waals surface area contributed by atoms with E-state index >= 15 is 0 Å². The van der Waals surface area contributed by atoms with E-state index in [2.05, 4.69) is 0 Å². The Morgan fingerprint density at radius 2 is 1.67 bits per heavy atom. The van der Waals surface area contributed by atoms with Crippen LogP contribution in [0.25, 0.3) is 0 Å². The van der Waals surface area contributed by atoms with Crippen LogP contribution in [0.4, 0.5) is 0 Å². The SMILES string of the molecule is O=C(c1ccc2c(c1)Cc1ccccc1S2=O)C1(O)CCCCC1. The van der Waals surface area contributed by atoms with Crippen molar-refractivity contribution in [1.82, 2.24) is 0 Å². The molecule has 4 rings (SSSR count). The van der Waals surface area contributed by atoms with Crippen molar-refractivity contribution < 1.29 is 14.1 Å². The lowest BCUT2D eigenvalue weighted by molar-refractivity contribution is 0.0116. The van der Waals surface area contributed by atoms with Crippen molar-refractivity contribution in [1.29, 1.82) is 0 Å². The van der Waals surface area contributed by atoms with Crippen molar-refractivity contribution in [2.75, 3.05) is 0 Å². The third-order valence-corrected chi connectivity index (χ3v) is 6.77. The lowest BCUT2D eigenvalue weighted by atomic mass is 9.79. The van der Waals surface area contributed by atoms with E-state index in [1.807, 2.05) is 30.3 Å². The van der Waals surface area contributed by atoms with Crippen LogP contribution in [0.1, 0.15) is 53.6 Å². The van der Waals surface area contributed by atoms with E-state index in [1.165, 1.54) is 0 Å². The van der Waals surface area contributed by atoms with E-state index in [0.717, 1.165) is 40.2 Å². The summed E-state index contributed by atoms with van der Waals surface area (Å²) in [7, 11) is -1.20. The molecule has 3 nitrogen and oxygen atoms in total. The number of hydrogen-bond donors (Lipinski definition) is 1. The predicted octanol–water partition coefficient (Wildman–Crippen LogP) is 3.64. The summed E-state index contributed by atoms with van der Waals surface area (Å²) < 4.78 is 12.7. The van der Waals surface area contributed by atoms with Gasteiger partial charge in [0.15, 0.2) is 5.78 Å². The third-order valence-electron chi connectivity index (χ3n) is 5.18. The molecule has 0 amide bonds. The molecule has 1 fully saturated rings. The van der Waals surface area contributed by atoms with E-state index in [0.29, 0.717) is 24.8 Å². The highest BCUT2D eigenvalue weighted by Gasteiger charge is 2.38. The van der Waals surface area contributed by atoms with Gasteiger partial charge in [-0.15, -0.1) is 0 Å². The summed E-state index contributed by atoms with van der Waals surface area (Å²) in [6.45, 7) is 0. The average molecular weight is 340 g/mol. The van der Waals surface area contributed by atoms with Crippen LogP contribution in [0.2, 0.25) is 0 Å². The van der Waals surface area contributed by atoms with Crippen LogP contribution in [0, 0.1) is 0 Å². The number of ketones is 1. The largest absolute Gasteiger partial charge is 0.382 e. The molecule has 1 aliphatic heterocycles. The van der Waals surface area contributed by atoms with Crippen LogP contribution < -0.4 is 0 Å². The van der Waals surface area contributed by atoms with Gasteiger partial charge in [0.1, 0.15) is 5.60 Å². The first-order chi connectivity index (χ1) is 11.6. The van der Waals surface area contributed by atoms with Crippen LogP contribution in [-0.2, 0) is 17.2 Å². The maximum Gasteiger partial charge on any atom is 0.194 e. The first-order valence-corrected chi connectivity index (χ1v) is 9.63. The molecule has 1 atom stereocenters. The molecular formula is C20H20O3S. The Morgan fingerprint density at radius 1 is 0.958 bits per heavy atom. The van der Waals surface area contributed by atoms with Crippen molar-refractivity contribution >= 4 is 16.6 Å². The minimum Gasteiger partial charge on any atom is -0.382 e. The molecule has 4 heteroatoms. The molecular weight excluding hydrogens is 320 g/mol. The summed E-state index contributed by atoms with van der Waals surface area (Å²) in [4.78, 5) is 14.4. The molecule has 1 unspecified atom stereocenters. The Labute approximate surface area is 144 Å². The standard InChI is InChI=1S/C20H20O3S/c21-19(20(22)10-4-1-5-11-20)15-8-9-18-16(13-15)12-14-6-2-3-7-17(14)24(18)23/h2-3,6-9,13,22H,1,4-5,10-12H2. The van der Waals surface area contributed by atoms with E-state index in [9.17, 15) is 14.1 Å². The van der Waals surface area contributed by atoms with E-state index in [1.54, 1.807) is 12.1 Å². The number of aliphatic hydroxyl groups is 1. The first kappa shape index (κ1) is 15.7. The highest BCUT2D eigenvalue weighted by molar-refractivity contribution is 7.85. The summed E-state index contributed by atoms with van der Waals surface area (Å²) in [6.07, 6.45) is 4.62. The molecule has 2 aliphatic rings. The number of Topliss-reactive ketones (excluding diaryl/α,β-unsaturated/α-hetero) is 1. The molecule has 0 aromatic heterocycles. The molecule has 24 heavy (non-hydrogen) atoms. The number of fused-ring (bicyclic) bond motifs is 2. The van der Waals surface area contributed by atoms with Crippen molar-refractivity contribution in [3.63, 3.8) is 0 Å². The minimum absolute atomic E-state index is 0.186. The van der Waals surface area contributed by atoms with Crippen LogP contribution in [0.15, 0.2) is 52.3 Å². The van der Waals surface area contributed by atoms with E-state index < -0.39 is 16.4 Å². The molecule has 124 valence electrons. The second kappa shape index (κ2) is 5.94. The highest BCUT2D eigenvalue weighted by Crippen LogP contribution is 2.35. The fraction of sp³-hybridized carbons (Fsp3) is 0.350. The third kappa shape index (κ3) is 2.54. The van der Waals surface area contributed by atoms with Gasteiger partial charge in [0.2, 0.25) is 0 Å². The topological polar surface area (TPSA) is 54.4 Å². The summed E-state index contributed by atoms with van der Waals surface area (Å²) in [6, 6.07) is 13.1. The average Bonchev–Trinajstić information content (AvgIpc) is 2.61. The summed E-state index contributed by atoms with van der Waals surface area (Å²) in [5.41, 5.74) is 1.29. The van der Waals surface area contributed by atoms with Gasteiger partial charge >= 0.3 is 0 Å². The Bertz CT molecular complexity index is 835. The Morgan fingerprint density at radius 3 is 2.46 bits per heavy atom. The highest BCUT2D eigenvalue weighted by atomic mass is 32.2. The first-order valence-electron chi connectivity index (χ1n) is 8.48. The molecule has 1 saturated carbocycles. The maximum atomic E-state index is 12.8. The number of carbonyl (C=O) groups excluding carboxylic acids is 1. The zero-order valence-corrected chi connectivity index (χ0v) is 14.3. The van der Waals surface area contributed by atoms with Crippen molar-refractivity contribution in [2.24, 2.45) is 0 Å². The van der Waals surface area contributed by atoms with Gasteiger partial charge in [0.05, 0.1) is 10.8 Å². The number of benzene rings is 2. The molecule has 0 saturated heterocycles. The molecule has 1 aliphatic carbocycles. The predicted molar refractivity (Wildman–Crippen MR) is 92.7 cm³/mol. The Hall–Kier alpha value is -1.78. The molecule has 1 heterocycles. The van der Waals surface area contributed by atoms with Gasteiger partial charge in [-0.3, -0.25) is 4.79 Å². The lowest BCUT2D eigenvalue weighted by Gasteiger charge is -2.31. The fourth-order valence-corrected chi connectivity index (χ4v) is 5.20. The van der Waals surface area contributed by atoms with Crippen molar-refractivity contribution in [3.8, 4) is 0 Å². The Kier molecular flexibility index (Phi) is 3.89. The molecule has 2 aromatic carbocycles. The second-order valence-electron chi connectivity index (χ2n) is 6.80. The van der Waals surface area contributed by atoms with Gasteiger partial charge in [0, 0.05) is 15.4 Å². The maximum absolute atomic E-state index is 12.8. The number of carbonyl (C=O) groups is 1. The smallest absolute Gasteiger partial charge is 0.194 e. The van der Waals surface area contributed by atoms with Crippen molar-refractivity contribution in [2.45, 2.75) is 53.9 Å². The molecule has 0 spiro atoms.